The predicted octanol–water partition coefficient (Wildman–Crippen LogP) is 2.58. The zero-order valence-corrected chi connectivity index (χ0v) is 11.2. The highest BCUT2D eigenvalue weighted by atomic mass is 16.1. The summed E-state index contributed by atoms with van der Waals surface area (Å²) in [4.78, 5) is 11.7. The second kappa shape index (κ2) is 2.96. The van der Waals surface area contributed by atoms with Crippen LogP contribution in [0, 0.1) is 41.4 Å². The molecule has 7 fully saturated rings. The highest BCUT2D eigenvalue weighted by Crippen LogP contribution is 2.72. The molecule has 7 aliphatic carbocycles. The summed E-state index contributed by atoms with van der Waals surface area (Å²) in [7, 11) is 0. The van der Waals surface area contributed by atoms with Gasteiger partial charge in [0.1, 0.15) is 0 Å². The SMILES string of the molecule is CC(=O)NC12CC3C[C@@H]4C5CC(C[C@@H]1[C@H]5C3)C[C@@H]42. The topological polar surface area (TPSA) is 29.1 Å². The lowest BCUT2D eigenvalue weighted by Gasteiger charge is -2.74. The molecule has 7 aliphatic rings. The summed E-state index contributed by atoms with van der Waals surface area (Å²) in [6.07, 6.45) is 8.69. The predicted molar refractivity (Wildman–Crippen MR) is 68.7 cm³/mol. The zero-order valence-electron chi connectivity index (χ0n) is 11.2. The maximum absolute atomic E-state index is 11.7. The Bertz CT molecular complexity index is 407. The first kappa shape index (κ1) is 10.3. The molecule has 0 aromatic heterocycles. The molecule has 98 valence electrons. The van der Waals surface area contributed by atoms with Crippen molar-refractivity contribution >= 4 is 5.91 Å². The molecule has 7 saturated carbocycles. The monoisotopic (exact) mass is 245 g/mol. The van der Waals surface area contributed by atoms with E-state index in [0.717, 1.165) is 41.4 Å². The van der Waals surface area contributed by atoms with Gasteiger partial charge < -0.3 is 5.32 Å². The van der Waals surface area contributed by atoms with Crippen LogP contribution in [-0.2, 0) is 4.79 Å². The molecular weight excluding hydrogens is 222 g/mol. The zero-order chi connectivity index (χ0) is 12.1. The second-order valence-corrected chi connectivity index (χ2v) is 8.04. The van der Waals surface area contributed by atoms with Crippen LogP contribution in [0.3, 0.4) is 0 Å². The molecule has 2 heteroatoms. The van der Waals surface area contributed by atoms with Crippen molar-refractivity contribution in [2.45, 2.75) is 51.0 Å². The van der Waals surface area contributed by atoms with Crippen molar-refractivity contribution in [1.29, 1.82) is 0 Å². The van der Waals surface area contributed by atoms with Crippen LogP contribution in [0.4, 0.5) is 0 Å². The largest absolute Gasteiger partial charge is 0.350 e. The van der Waals surface area contributed by atoms with Gasteiger partial charge in [0, 0.05) is 12.5 Å². The molecule has 0 aromatic carbocycles. The van der Waals surface area contributed by atoms with Crippen LogP contribution in [0.25, 0.3) is 0 Å². The van der Waals surface area contributed by atoms with Crippen LogP contribution in [-0.4, -0.2) is 11.4 Å². The van der Waals surface area contributed by atoms with Crippen LogP contribution >= 0.6 is 0 Å². The second-order valence-electron chi connectivity index (χ2n) is 8.04. The fraction of sp³-hybridized carbons (Fsp3) is 0.938. The lowest BCUT2D eigenvalue weighted by atomic mass is 9.33. The smallest absolute Gasteiger partial charge is 0.217 e. The van der Waals surface area contributed by atoms with Gasteiger partial charge in [-0.2, -0.15) is 0 Å². The lowest BCUT2D eigenvalue weighted by Crippen LogP contribution is -2.76. The highest BCUT2D eigenvalue weighted by molar-refractivity contribution is 5.74. The average Bonchev–Trinajstić information content (AvgIpc) is 2.34. The van der Waals surface area contributed by atoms with Crippen molar-refractivity contribution in [1.82, 2.24) is 5.32 Å². The third-order valence-corrected chi connectivity index (χ3v) is 7.48. The van der Waals surface area contributed by atoms with E-state index in [1.807, 2.05) is 0 Å². The van der Waals surface area contributed by atoms with Gasteiger partial charge in [-0.15, -0.1) is 0 Å². The number of carbonyl (C=O) groups excluding carboxylic acids is 1. The van der Waals surface area contributed by atoms with Gasteiger partial charge in [0.05, 0.1) is 0 Å². The van der Waals surface area contributed by atoms with E-state index in [1.54, 1.807) is 6.92 Å². The molecule has 8 atom stereocenters. The fourth-order valence-corrected chi connectivity index (χ4v) is 7.52. The average molecular weight is 245 g/mol. The Kier molecular flexibility index (Phi) is 1.69. The maximum atomic E-state index is 11.7. The van der Waals surface area contributed by atoms with E-state index in [4.69, 9.17) is 0 Å². The van der Waals surface area contributed by atoms with Crippen molar-refractivity contribution in [3.8, 4) is 0 Å². The Morgan fingerprint density at radius 2 is 1.56 bits per heavy atom. The van der Waals surface area contributed by atoms with Gasteiger partial charge in [-0.25, -0.2) is 0 Å². The van der Waals surface area contributed by atoms with Gasteiger partial charge in [-0.05, 0) is 80.0 Å². The minimum atomic E-state index is 0.225. The Morgan fingerprint density at radius 1 is 0.944 bits per heavy atom. The van der Waals surface area contributed by atoms with Crippen LogP contribution in [0.1, 0.15) is 45.4 Å². The van der Waals surface area contributed by atoms with Crippen LogP contribution in [0.5, 0.6) is 0 Å². The van der Waals surface area contributed by atoms with Gasteiger partial charge >= 0.3 is 0 Å². The van der Waals surface area contributed by atoms with Crippen molar-refractivity contribution in [3.05, 3.63) is 0 Å². The third-order valence-electron chi connectivity index (χ3n) is 7.48. The first-order valence-corrected chi connectivity index (χ1v) is 7.96. The summed E-state index contributed by atoms with van der Waals surface area (Å²) < 4.78 is 0. The fourth-order valence-electron chi connectivity index (χ4n) is 7.52. The van der Waals surface area contributed by atoms with E-state index in [2.05, 4.69) is 5.32 Å². The van der Waals surface area contributed by atoms with Crippen LogP contribution in [0.2, 0.25) is 0 Å². The van der Waals surface area contributed by atoms with E-state index >= 15 is 0 Å². The molecule has 0 aliphatic heterocycles. The number of rotatable bonds is 1. The van der Waals surface area contributed by atoms with Gasteiger partial charge in [0.2, 0.25) is 5.91 Å². The van der Waals surface area contributed by atoms with E-state index in [9.17, 15) is 4.79 Å². The normalized spacial score (nSPS) is 62.4. The number of nitrogens with one attached hydrogen (secondary N) is 1. The first-order valence-electron chi connectivity index (χ1n) is 7.96. The Balaban J connectivity index is 1.65. The van der Waals surface area contributed by atoms with Gasteiger partial charge in [-0.3, -0.25) is 4.79 Å². The summed E-state index contributed by atoms with van der Waals surface area (Å²) in [6.45, 7) is 1.73. The van der Waals surface area contributed by atoms with Crippen molar-refractivity contribution < 1.29 is 4.79 Å². The Labute approximate surface area is 109 Å². The molecule has 7 rings (SSSR count). The third kappa shape index (κ3) is 0.981. The standard InChI is InChI=1S/C16H23NO/c1-8(18)17-16-7-10-3-12-11-2-9(5-14(12)16)6-15(16)13(11)4-10/h9-15H,2-7H2,1H3,(H,17,18)/t9?,10?,11?,12-,13+,14+,15-,16?. The quantitative estimate of drug-likeness (QED) is 0.756. The molecule has 0 aromatic rings. The minimum absolute atomic E-state index is 0.225. The molecule has 1 N–H and O–H groups in total. The van der Waals surface area contributed by atoms with Crippen LogP contribution < -0.4 is 5.32 Å². The van der Waals surface area contributed by atoms with Crippen LogP contribution in [0.15, 0.2) is 0 Å². The van der Waals surface area contributed by atoms with Gasteiger partial charge in [-0.1, -0.05) is 0 Å². The molecule has 8 bridgehead atoms. The van der Waals surface area contributed by atoms with Gasteiger partial charge in [0.25, 0.3) is 0 Å². The lowest BCUT2D eigenvalue weighted by molar-refractivity contribution is -0.225. The molecule has 0 saturated heterocycles. The van der Waals surface area contributed by atoms with E-state index in [-0.39, 0.29) is 11.4 Å². The maximum Gasteiger partial charge on any atom is 0.217 e. The summed E-state index contributed by atoms with van der Waals surface area (Å²) >= 11 is 0. The number of amides is 1. The Morgan fingerprint density at radius 3 is 2.17 bits per heavy atom. The van der Waals surface area contributed by atoms with Crippen molar-refractivity contribution in [3.63, 3.8) is 0 Å². The van der Waals surface area contributed by atoms with E-state index < -0.39 is 0 Å². The minimum Gasteiger partial charge on any atom is -0.350 e. The molecular formula is C16H23NO. The summed E-state index contributed by atoms with van der Waals surface area (Å²) in [5.74, 6) is 6.85. The molecule has 0 radical (unpaired) electrons. The highest BCUT2D eigenvalue weighted by Gasteiger charge is 2.70. The molecule has 2 nitrogen and oxygen atoms in total. The molecule has 0 heterocycles. The first-order chi connectivity index (χ1) is 8.67. The molecule has 18 heavy (non-hydrogen) atoms. The number of hydrogen-bond donors (Lipinski definition) is 1. The van der Waals surface area contributed by atoms with E-state index in [1.165, 1.54) is 38.5 Å². The summed E-state index contributed by atoms with van der Waals surface area (Å²) in [5, 5.41) is 3.49. The molecule has 0 spiro atoms. The molecule has 1 amide bonds. The number of hydrogen-bond acceptors (Lipinski definition) is 1. The van der Waals surface area contributed by atoms with Gasteiger partial charge in [0.15, 0.2) is 0 Å². The van der Waals surface area contributed by atoms with E-state index in [0.29, 0.717) is 0 Å². The van der Waals surface area contributed by atoms with Crippen molar-refractivity contribution in [2.75, 3.05) is 0 Å². The molecule has 4 unspecified atom stereocenters. The Hall–Kier alpha value is -0.530. The number of carbonyl (C=O) groups is 1. The van der Waals surface area contributed by atoms with Crippen molar-refractivity contribution in [2.24, 2.45) is 41.4 Å². The summed E-state index contributed by atoms with van der Waals surface area (Å²) in [5.41, 5.74) is 0.246. The summed E-state index contributed by atoms with van der Waals surface area (Å²) in [6, 6.07) is 0.